The van der Waals surface area contributed by atoms with Gasteiger partial charge >= 0.3 is 0 Å². The molecule has 0 aromatic heterocycles. The van der Waals surface area contributed by atoms with Gasteiger partial charge in [0.05, 0.1) is 0 Å². The lowest BCUT2D eigenvalue weighted by molar-refractivity contribution is -0.121. The SMILES string of the molecule is Cc1ccc([C@]2(c3ccc(F)cc3)CCCC(=O)C2)cc1. The lowest BCUT2D eigenvalue weighted by Gasteiger charge is -2.38. The second kappa shape index (κ2) is 5.44. The summed E-state index contributed by atoms with van der Waals surface area (Å²) < 4.78 is 13.2. The minimum Gasteiger partial charge on any atom is -0.300 e. The molecule has 2 heteroatoms. The van der Waals surface area contributed by atoms with Crippen molar-refractivity contribution in [1.29, 1.82) is 0 Å². The zero-order valence-corrected chi connectivity index (χ0v) is 12.2. The molecule has 2 aromatic rings. The van der Waals surface area contributed by atoms with Crippen LogP contribution in [0.5, 0.6) is 0 Å². The van der Waals surface area contributed by atoms with Crippen LogP contribution in [0.3, 0.4) is 0 Å². The first-order valence-electron chi connectivity index (χ1n) is 7.45. The van der Waals surface area contributed by atoms with Crippen molar-refractivity contribution in [3.05, 3.63) is 71.0 Å². The molecule has 0 amide bonds. The Hall–Kier alpha value is -1.96. The number of hydrogen-bond donors (Lipinski definition) is 0. The monoisotopic (exact) mass is 282 g/mol. The van der Waals surface area contributed by atoms with E-state index in [1.54, 1.807) is 0 Å². The van der Waals surface area contributed by atoms with E-state index in [0.29, 0.717) is 18.6 Å². The summed E-state index contributed by atoms with van der Waals surface area (Å²) in [7, 11) is 0. The summed E-state index contributed by atoms with van der Waals surface area (Å²) in [6.45, 7) is 2.06. The van der Waals surface area contributed by atoms with E-state index in [2.05, 4.69) is 31.2 Å². The molecule has 3 rings (SSSR count). The highest BCUT2D eigenvalue weighted by molar-refractivity contribution is 5.82. The van der Waals surface area contributed by atoms with Gasteiger partial charge in [0.1, 0.15) is 11.6 Å². The molecule has 21 heavy (non-hydrogen) atoms. The number of rotatable bonds is 2. The van der Waals surface area contributed by atoms with Crippen LogP contribution in [0.15, 0.2) is 48.5 Å². The zero-order chi connectivity index (χ0) is 14.9. The van der Waals surface area contributed by atoms with Gasteiger partial charge in [-0.3, -0.25) is 4.79 Å². The van der Waals surface area contributed by atoms with Crippen molar-refractivity contribution in [2.24, 2.45) is 0 Å². The molecule has 0 saturated heterocycles. The number of halogens is 1. The van der Waals surface area contributed by atoms with E-state index in [4.69, 9.17) is 0 Å². The predicted octanol–water partition coefficient (Wildman–Crippen LogP) is 4.56. The average molecular weight is 282 g/mol. The zero-order valence-electron chi connectivity index (χ0n) is 12.2. The fourth-order valence-corrected chi connectivity index (χ4v) is 3.40. The molecule has 0 N–H and O–H groups in total. The number of ketones is 1. The van der Waals surface area contributed by atoms with Crippen LogP contribution >= 0.6 is 0 Å². The quantitative estimate of drug-likeness (QED) is 0.789. The van der Waals surface area contributed by atoms with Gasteiger partial charge in [-0.2, -0.15) is 0 Å². The van der Waals surface area contributed by atoms with E-state index >= 15 is 0 Å². The fourth-order valence-electron chi connectivity index (χ4n) is 3.40. The van der Waals surface area contributed by atoms with Crippen LogP contribution in [-0.4, -0.2) is 5.78 Å². The van der Waals surface area contributed by atoms with Crippen LogP contribution < -0.4 is 0 Å². The number of Topliss-reactive ketones (excluding diaryl/α,β-unsaturated/α-hetero) is 1. The maximum atomic E-state index is 13.2. The summed E-state index contributed by atoms with van der Waals surface area (Å²) in [5, 5.41) is 0. The third-order valence-corrected chi connectivity index (χ3v) is 4.56. The highest BCUT2D eigenvalue weighted by Gasteiger charge is 2.38. The number of benzene rings is 2. The normalized spacial score (nSPS) is 22.3. The van der Waals surface area contributed by atoms with Gasteiger partial charge in [-0.15, -0.1) is 0 Å². The first-order chi connectivity index (χ1) is 10.1. The van der Waals surface area contributed by atoms with Crippen molar-refractivity contribution in [3.63, 3.8) is 0 Å². The van der Waals surface area contributed by atoms with Crippen LogP contribution in [0.25, 0.3) is 0 Å². The van der Waals surface area contributed by atoms with Crippen molar-refractivity contribution in [2.75, 3.05) is 0 Å². The van der Waals surface area contributed by atoms with Crippen LogP contribution in [0.2, 0.25) is 0 Å². The van der Waals surface area contributed by atoms with E-state index < -0.39 is 0 Å². The molecule has 0 spiro atoms. The van der Waals surface area contributed by atoms with Crippen molar-refractivity contribution in [2.45, 2.75) is 38.0 Å². The molecule has 0 radical (unpaired) electrons. The molecule has 1 fully saturated rings. The Balaban J connectivity index is 2.12. The molecule has 1 nitrogen and oxygen atoms in total. The molecule has 1 saturated carbocycles. The Bertz CT molecular complexity index is 595. The van der Waals surface area contributed by atoms with Gasteiger partial charge in [0, 0.05) is 18.3 Å². The van der Waals surface area contributed by atoms with Gasteiger partial charge in [0.2, 0.25) is 0 Å². The highest BCUT2D eigenvalue weighted by Crippen LogP contribution is 2.43. The van der Waals surface area contributed by atoms with Gasteiger partial charge in [-0.1, -0.05) is 42.0 Å². The topological polar surface area (TPSA) is 17.1 Å². The first kappa shape index (κ1) is 14.0. The van der Waals surface area contributed by atoms with Gasteiger partial charge in [-0.05, 0) is 43.0 Å². The van der Waals surface area contributed by atoms with Gasteiger partial charge < -0.3 is 0 Å². The molecule has 2 aromatic carbocycles. The van der Waals surface area contributed by atoms with E-state index in [1.807, 2.05) is 12.1 Å². The standard InChI is InChI=1S/C19H19FO/c1-14-4-6-15(7-5-14)19(12-2-3-18(21)13-19)16-8-10-17(20)11-9-16/h4-11H,2-3,12-13H2,1H3/t19-/m0/s1. The largest absolute Gasteiger partial charge is 0.300 e. The van der Waals surface area contributed by atoms with E-state index in [9.17, 15) is 9.18 Å². The van der Waals surface area contributed by atoms with E-state index in [1.165, 1.54) is 17.7 Å². The minimum absolute atomic E-state index is 0.236. The second-order valence-corrected chi connectivity index (χ2v) is 6.02. The van der Waals surface area contributed by atoms with E-state index in [0.717, 1.165) is 24.0 Å². The Morgan fingerprint density at radius 3 is 2.10 bits per heavy atom. The molecule has 0 heterocycles. The summed E-state index contributed by atoms with van der Waals surface area (Å²) in [5.74, 6) is 0.0612. The molecule has 0 unspecified atom stereocenters. The maximum absolute atomic E-state index is 13.2. The van der Waals surface area contributed by atoms with Crippen molar-refractivity contribution in [3.8, 4) is 0 Å². The Kier molecular flexibility index (Phi) is 3.62. The summed E-state index contributed by atoms with van der Waals surface area (Å²) in [6.07, 6.45) is 3.01. The third-order valence-electron chi connectivity index (χ3n) is 4.56. The third kappa shape index (κ3) is 2.63. The van der Waals surface area contributed by atoms with Gasteiger partial charge in [0.25, 0.3) is 0 Å². The smallest absolute Gasteiger partial charge is 0.134 e. The first-order valence-corrected chi connectivity index (χ1v) is 7.45. The number of aryl methyl sites for hydroxylation is 1. The number of carbonyl (C=O) groups excluding carboxylic acids is 1. The lowest BCUT2D eigenvalue weighted by Crippen LogP contribution is -2.34. The molecule has 1 atom stereocenters. The Morgan fingerprint density at radius 2 is 1.52 bits per heavy atom. The van der Waals surface area contributed by atoms with Crippen LogP contribution in [0, 0.1) is 12.7 Å². The second-order valence-electron chi connectivity index (χ2n) is 6.02. The molecule has 1 aliphatic rings. The molecule has 0 bridgehead atoms. The van der Waals surface area contributed by atoms with Gasteiger partial charge in [-0.25, -0.2) is 4.39 Å². The Morgan fingerprint density at radius 1 is 0.952 bits per heavy atom. The number of carbonyl (C=O) groups is 1. The van der Waals surface area contributed by atoms with Gasteiger partial charge in [0.15, 0.2) is 0 Å². The predicted molar refractivity (Wildman–Crippen MR) is 81.8 cm³/mol. The molecular weight excluding hydrogens is 263 g/mol. The summed E-state index contributed by atoms with van der Waals surface area (Å²) in [6, 6.07) is 15.0. The van der Waals surface area contributed by atoms with Crippen LogP contribution in [-0.2, 0) is 10.2 Å². The van der Waals surface area contributed by atoms with Crippen molar-refractivity contribution >= 4 is 5.78 Å². The van der Waals surface area contributed by atoms with Crippen molar-refractivity contribution in [1.82, 2.24) is 0 Å². The lowest BCUT2D eigenvalue weighted by atomic mass is 9.65. The Labute approximate surface area is 124 Å². The highest BCUT2D eigenvalue weighted by atomic mass is 19.1. The summed E-state index contributed by atoms with van der Waals surface area (Å²) >= 11 is 0. The van der Waals surface area contributed by atoms with Crippen LogP contribution in [0.4, 0.5) is 4.39 Å². The fraction of sp³-hybridized carbons (Fsp3) is 0.316. The van der Waals surface area contributed by atoms with Crippen LogP contribution in [0.1, 0.15) is 42.4 Å². The number of hydrogen-bond acceptors (Lipinski definition) is 1. The average Bonchev–Trinajstić information content (AvgIpc) is 2.48. The molecule has 0 aliphatic heterocycles. The molecular formula is C19H19FO. The molecule has 1 aliphatic carbocycles. The minimum atomic E-state index is -0.295. The maximum Gasteiger partial charge on any atom is 0.134 e. The van der Waals surface area contributed by atoms with E-state index in [-0.39, 0.29) is 11.2 Å². The summed E-state index contributed by atoms with van der Waals surface area (Å²) in [5.41, 5.74) is 3.11. The molecule has 108 valence electrons. The summed E-state index contributed by atoms with van der Waals surface area (Å²) in [4.78, 5) is 12.1. The van der Waals surface area contributed by atoms with Crippen molar-refractivity contribution < 1.29 is 9.18 Å².